The Bertz CT molecular complexity index is 1230. The van der Waals surface area contributed by atoms with Gasteiger partial charge < -0.3 is 5.32 Å². The van der Waals surface area contributed by atoms with Crippen molar-refractivity contribution in [1.82, 2.24) is 5.32 Å². The van der Waals surface area contributed by atoms with Gasteiger partial charge in [-0.2, -0.15) is 8.42 Å². The highest BCUT2D eigenvalue weighted by Gasteiger charge is 2.64. The molecule has 0 aromatic carbocycles. The van der Waals surface area contributed by atoms with E-state index in [1.807, 2.05) is 12.1 Å². The lowest BCUT2D eigenvalue weighted by molar-refractivity contribution is -0.164. The summed E-state index contributed by atoms with van der Waals surface area (Å²) in [4.78, 5) is 26.6. The van der Waals surface area contributed by atoms with Crippen molar-refractivity contribution in [3.05, 3.63) is 21.3 Å². The Morgan fingerprint density at radius 1 is 1.20 bits per heavy atom. The maximum absolute atomic E-state index is 13.2. The summed E-state index contributed by atoms with van der Waals surface area (Å²) in [5.74, 6) is 1.40. The van der Waals surface area contributed by atoms with E-state index in [2.05, 4.69) is 33.0 Å². The molecule has 1 heterocycles. The fourth-order valence-electron chi connectivity index (χ4n) is 9.80. The molecule has 1 aromatic rings. The molecule has 1 aromatic heterocycles. The number of hydrogen-bond acceptors (Lipinski definition) is 6. The highest BCUT2D eigenvalue weighted by atomic mass is 35.5. The van der Waals surface area contributed by atoms with Gasteiger partial charge in [0.05, 0.1) is 16.5 Å². The van der Waals surface area contributed by atoms with Gasteiger partial charge in [0.2, 0.25) is 5.91 Å². The van der Waals surface area contributed by atoms with E-state index in [4.69, 9.17) is 15.8 Å². The van der Waals surface area contributed by atoms with Gasteiger partial charge in [-0.25, -0.2) is 4.18 Å². The summed E-state index contributed by atoms with van der Waals surface area (Å²) >= 11 is 7.63. The number of amides is 1. The second kappa shape index (κ2) is 11.3. The van der Waals surface area contributed by atoms with Gasteiger partial charge in [0.15, 0.2) is 0 Å². The van der Waals surface area contributed by atoms with Crippen LogP contribution in [0.2, 0.25) is 4.34 Å². The molecule has 2 N–H and O–H groups in total. The first-order chi connectivity index (χ1) is 18.7. The van der Waals surface area contributed by atoms with Gasteiger partial charge in [0.25, 0.3) is 0 Å². The van der Waals surface area contributed by atoms with Crippen LogP contribution in [0.4, 0.5) is 0 Å². The number of hydrogen-bond donors (Lipinski definition) is 2. The van der Waals surface area contributed by atoms with Gasteiger partial charge >= 0.3 is 10.4 Å². The quantitative estimate of drug-likeness (QED) is 0.305. The highest BCUT2D eigenvalue weighted by molar-refractivity contribution is 7.80. The Labute approximate surface area is 248 Å². The van der Waals surface area contributed by atoms with Gasteiger partial charge in [-0.3, -0.25) is 14.1 Å². The molecule has 0 aliphatic heterocycles. The van der Waals surface area contributed by atoms with Crippen LogP contribution in [0.3, 0.4) is 0 Å². The zero-order valence-corrected chi connectivity index (χ0v) is 26.4. The van der Waals surface area contributed by atoms with Crippen molar-refractivity contribution in [3.8, 4) is 0 Å². The first kappa shape index (κ1) is 30.5. The van der Waals surface area contributed by atoms with Crippen molar-refractivity contribution in [2.75, 3.05) is 0 Å². The standard InChI is InChI=1S/C30H44ClNO6S2/c1-5-23(25-8-9-26(31)39-25)32-27(34)14-17(2)20-6-7-21-28-22(11-13-30(20,21)4)29(3)12-10-19(33)15-18(29)16-24(28)38-40(35,36)37/h8-9,17-18,20-24,28H,5-7,10-16H2,1-4H3,(H,32,34)(H,35,36,37)/t17-,18+,20-,21+,22+,23+,24-,28+,29+,30-/m1/s1. The number of carbonyl (C=O) groups excluding carboxylic acids is 2. The largest absolute Gasteiger partial charge is 0.397 e. The molecule has 0 spiro atoms. The second-order valence-electron chi connectivity index (χ2n) is 13.6. The molecule has 0 unspecified atom stereocenters. The van der Waals surface area contributed by atoms with Crippen LogP contribution in [-0.4, -0.2) is 30.8 Å². The smallest absolute Gasteiger partial charge is 0.348 e. The lowest BCUT2D eigenvalue weighted by Gasteiger charge is -2.62. The molecule has 0 bridgehead atoms. The van der Waals surface area contributed by atoms with Gasteiger partial charge in [-0.1, -0.05) is 39.3 Å². The van der Waals surface area contributed by atoms with Crippen LogP contribution >= 0.6 is 22.9 Å². The Hall–Kier alpha value is -1.000. The van der Waals surface area contributed by atoms with Crippen LogP contribution in [-0.2, 0) is 24.2 Å². The number of Topliss-reactive ketones (excluding diaryl/α,β-unsaturated/α-hetero) is 1. The predicted molar refractivity (Wildman–Crippen MR) is 156 cm³/mol. The minimum absolute atomic E-state index is 0.00852. The van der Waals surface area contributed by atoms with Crippen molar-refractivity contribution < 1.29 is 26.7 Å². The number of carbonyl (C=O) groups is 2. The number of fused-ring (bicyclic) bond motifs is 5. The summed E-state index contributed by atoms with van der Waals surface area (Å²) in [5, 5.41) is 3.22. The number of nitrogens with one attached hydrogen (secondary N) is 1. The summed E-state index contributed by atoms with van der Waals surface area (Å²) in [6.45, 7) is 8.89. The van der Waals surface area contributed by atoms with E-state index in [-0.39, 0.29) is 58.2 Å². The Morgan fingerprint density at radius 3 is 2.58 bits per heavy atom. The molecule has 1 amide bonds. The summed E-state index contributed by atoms with van der Waals surface area (Å²) in [6, 6.07) is 3.80. The SMILES string of the molecule is CC[C@H](NC(=O)C[C@@H](C)[C@H]1CC[C@H]2[C@@H]3[C@H](OS(=O)(=O)O)C[C@@H]4CC(=O)CC[C@]4(C)[C@H]3CC[C@]12C)c1ccc(Cl)s1. The molecule has 10 atom stereocenters. The van der Waals surface area contributed by atoms with Gasteiger partial charge in [0.1, 0.15) is 5.78 Å². The van der Waals surface area contributed by atoms with Crippen molar-refractivity contribution in [2.45, 2.75) is 104 Å². The first-order valence-corrected chi connectivity index (χ1v) is 17.5. The summed E-state index contributed by atoms with van der Waals surface area (Å²) in [5.41, 5.74) is -0.0662. The minimum Gasteiger partial charge on any atom is -0.348 e. The third-order valence-corrected chi connectivity index (χ3v) is 13.5. The molecule has 224 valence electrons. The number of rotatable bonds is 8. The Balaban J connectivity index is 1.34. The zero-order chi connectivity index (χ0) is 29.0. The summed E-state index contributed by atoms with van der Waals surface area (Å²) in [7, 11) is -4.62. The predicted octanol–water partition coefficient (Wildman–Crippen LogP) is 7.02. The maximum Gasteiger partial charge on any atom is 0.397 e. The molecule has 40 heavy (non-hydrogen) atoms. The average Bonchev–Trinajstić information content (AvgIpc) is 3.45. The molecule has 0 saturated heterocycles. The molecular formula is C30H44ClNO6S2. The van der Waals surface area contributed by atoms with Crippen molar-refractivity contribution in [1.29, 1.82) is 0 Å². The minimum atomic E-state index is -4.62. The van der Waals surface area contributed by atoms with E-state index >= 15 is 0 Å². The van der Waals surface area contributed by atoms with Crippen molar-refractivity contribution >= 4 is 45.0 Å². The molecule has 4 saturated carbocycles. The van der Waals surface area contributed by atoms with Crippen LogP contribution < -0.4 is 5.32 Å². The normalized spacial score (nSPS) is 39.1. The van der Waals surface area contributed by atoms with Crippen LogP contribution in [0.5, 0.6) is 0 Å². The third kappa shape index (κ3) is 5.67. The molecule has 4 aliphatic rings. The van der Waals surface area contributed by atoms with Crippen LogP contribution in [0.15, 0.2) is 12.1 Å². The third-order valence-electron chi connectivity index (χ3n) is 11.7. The Morgan fingerprint density at radius 2 is 1.93 bits per heavy atom. The first-order valence-electron chi connectivity index (χ1n) is 15.0. The molecule has 7 nitrogen and oxygen atoms in total. The molecule has 5 rings (SSSR count). The number of thiophene rings is 1. The van der Waals surface area contributed by atoms with Gasteiger partial charge in [0, 0.05) is 24.1 Å². The van der Waals surface area contributed by atoms with E-state index in [0.717, 1.165) is 47.7 Å². The molecule has 4 fully saturated rings. The number of halogens is 1. The van der Waals surface area contributed by atoms with E-state index in [9.17, 15) is 22.6 Å². The fraction of sp³-hybridized carbons (Fsp3) is 0.800. The van der Waals surface area contributed by atoms with E-state index in [1.165, 1.54) is 11.3 Å². The van der Waals surface area contributed by atoms with E-state index in [1.54, 1.807) is 0 Å². The van der Waals surface area contributed by atoms with Gasteiger partial charge in [-0.05, 0) is 103 Å². The highest BCUT2D eigenvalue weighted by Crippen LogP contribution is 2.68. The molecular weight excluding hydrogens is 570 g/mol. The van der Waals surface area contributed by atoms with E-state index < -0.39 is 16.5 Å². The maximum atomic E-state index is 13.2. The van der Waals surface area contributed by atoms with E-state index in [0.29, 0.717) is 31.6 Å². The monoisotopic (exact) mass is 613 g/mol. The summed E-state index contributed by atoms with van der Waals surface area (Å²) in [6.07, 6.45) is 6.95. The topological polar surface area (TPSA) is 110 Å². The van der Waals surface area contributed by atoms with Crippen LogP contribution in [0.25, 0.3) is 0 Å². The van der Waals surface area contributed by atoms with Crippen LogP contribution in [0.1, 0.15) is 103 Å². The zero-order valence-electron chi connectivity index (χ0n) is 24.0. The van der Waals surface area contributed by atoms with Gasteiger partial charge in [-0.15, -0.1) is 11.3 Å². The average molecular weight is 614 g/mol. The summed E-state index contributed by atoms with van der Waals surface area (Å²) < 4.78 is 39.8. The van der Waals surface area contributed by atoms with Crippen molar-refractivity contribution in [3.63, 3.8) is 0 Å². The fourth-order valence-corrected chi connectivity index (χ4v) is 11.5. The van der Waals surface area contributed by atoms with Crippen molar-refractivity contribution in [2.24, 2.45) is 46.3 Å². The molecule has 0 radical (unpaired) electrons. The second-order valence-corrected chi connectivity index (χ2v) is 16.4. The van der Waals surface area contributed by atoms with Crippen LogP contribution in [0, 0.1) is 46.3 Å². The Kier molecular flexibility index (Phi) is 8.57. The lowest BCUT2D eigenvalue weighted by atomic mass is 9.44. The lowest BCUT2D eigenvalue weighted by Crippen LogP contribution is -2.59. The number of ketones is 1. The molecule has 10 heteroatoms. The molecule has 4 aliphatic carbocycles.